The van der Waals surface area contributed by atoms with Crippen LogP contribution >= 0.6 is 12.4 Å². The molecule has 3 aromatic rings. The van der Waals surface area contributed by atoms with Crippen LogP contribution in [-0.2, 0) is 9.53 Å². The highest BCUT2D eigenvalue weighted by Gasteiger charge is 2.21. The minimum absolute atomic E-state index is 0. The highest BCUT2D eigenvalue weighted by atomic mass is 35.5. The second-order valence-corrected chi connectivity index (χ2v) is 8.52. The summed E-state index contributed by atoms with van der Waals surface area (Å²) >= 11 is 0. The Labute approximate surface area is 201 Å². The van der Waals surface area contributed by atoms with Gasteiger partial charge in [0.25, 0.3) is 0 Å². The first-order valence-corrected chi connectivity index (χ1v) is 11.4. The average molecular weight is 470 g/mol. The predicted octanol–water partition coefficient (Wildman–Crippen LogP) is 5.90. The number of morpholine rings is 1. The number of rotatable bonds is 9. The van der Waals surface area contributed by atoms with Gasteiger partial charge in [0.15, 0.2) is 6.61 Å². The second-order valence-electron chi connectivity index (χ2n) is 8.52. The van der Waals surface area contributed by atoms with Crippen LogP contribution in [0, 0.1) is 0 Å². The quantitative estimate of drug-likeness (QED) is 0.422. The number of nitrogens with zero attached hydrogens (tertiary/aromatic N) is 1. The van der Waals surface area contributed by atoms with Crippen molar-refractivity contribution in [1.29, 1.82) is 0 Å². The molecule has 1 aliphatic heterocycles. The molecule has 0 aliphatic carbocycles. The fraction of sp³-hybridized carbons (Fsp3) is 0.370. The van der Waals surface area contributed by atoms with Gasteiger partial charge >= 0.3 is 5.97 Å². The number of aliphatic carboxylic acids is 1. The third kappa shape index (κ3) is 6.62. The maximum absolute atomic E-state index is 10.6. The van der Waals surface area contributed by atoms with E-state index in [1.807, 2.05) is 24.3 Å². The number of benzene rings is 3. The average Bonchev–Trinajstić information content (AvgIpc) is 2.83. The molecule has 0 saturated carbocycles. The van der Waals surface area contributed by atoms with E-state index < -0.39 is 5.97 Å². The zero-order chi connectivity index (χ0) is 22.3. The van der Waals surface area contributed by atoms with Crippen LogP contribution < -0.4 is 9.64 Å². The highest BCUT2D eigenvalue weighted by Crippen LogP contribution is 2.30. The molecule has 176 valence electrons. The van der Waals surface area contributed by atoms with E-state index in [-0.39, 0.29) is 25.1 Å². The van der Waals surface area contributed by atoms with E-state index in [4.69, 9.17) is 14.6 Å². The van der Waals surface area contributed by atoms with Gasteiger partial charge in [-0.25, -0.2) is 4.79 Å². The van der Waals surface area contributed by atoms with Crippen molar-refractivity contribution in [1.82, 2.24) is 0 Å². The molecule has 1 heterocycles. The summed E-state index contributed by atoms with van der Waals surface area (Å²) in [4.78, 5) is 13.0. The number of carboxylic acid groups (broad SMARTS) is 1. The van der Waals surface area contributed by atoms with Crippen LogP contribution in [0.1, 0.15) is 37.7 Å². The monoisotopic (exact) mass is 469 g/mol. The highest BCUT2D eigenvalue weighted by molar-refractivity contribution is 5.86. The van der Waals surface area contributed by atoms with Crippen LogP contribution in [-0.4, -0.2) is 43.5 Å². The maximum atomic E-state index is 10.6. The minimum atomic E-state index is -0.972. The maximum Gasteiger partial charge on any atom is 0.341 e. The molecular formula is C27H32ClNO4. The van der Waals surface area contributed by atoms with Gasteiger partial charge in [0.05, 0.1) is 12.7 Å². The number of carboxylic acids is 1. The third-order valence-corrected chi connectivity index (χ3v) is 6.22. The Morgan fingerprint density at radius 1 is 1.12 bits per heavy atom. The number of ether oxygens (including phenoxy) is 2. The molecule has 1 N–H and O–H groups in total. The lowest BCUT2D eigenvalue weighted by atomic mass is 9.90. The lowest BCUT2D eigenvalue weighted by molar-refractivity contribution is -0.139. The van der Waals surface area contributed by atoms with Gasteiger partial charge in [-0.05, 0) is 59.4 Å². The Kier molecular flexibility index (Phi) is 8.98. The van der Waals surface area contributed by atoms with Crippen molar-refractivity contribution in [3.05, 3.63) is 72.3 Å². The molecule has 5 nitrogen and oxygen atoms in total. The molecule has 1 saturated heterocycles. The van der Waals surface area contributed by atoms with Crippen LogP contribution in [0.25, 0.3) is 10.8 Å². The minimum Gasteiger partial charge on any atom is -0.482 e. The Morgan fingerprint density at radius 2 is 1.88 bits per heavy atom. The number of hydrogen-bond donors (Lipinski definition) is 1. The van der Waals surface area contributed by atoms with Crippen molar-refractivity contribution < 1.29 is 19.4 Å². The summed E-state index contributed by atoms with van der Waals surface area (Å²) in [5, 5.41) is 11.4. The molecule has 0 radical (unpaired) electrons. The van der Waals surface area contributed by atoms with E-state index in [1.165, 1.54) is 16.3 Å². The van der Waals surface area contributed by atoms with Gasteiger partial charge in [0.1, 0.15) is 5.75 Å². The van der Waals surface area contributed by atoms with Gasteiger partial charge in [-0.2, -0.15) is 0 Å². The summed E-state index contributed by atoms with van der Waals surface area (Å²) in [5.74, 6) is 0.113. The van der Waals surface area contributed by atoms with Crippen molar-refractivity contribution >= 4 is 34.8 Å². The van der Waals surface area contributed by atoms with Crippen LogP contribution in [0.4, 0.5) is 5.69 Å². The first-order chi connectivity index (χ1) is 15.6. The molecule has 6 heteroatoms. The molecule has 0 aromatic heterocycles. The van der Waals surface area contributed by atoms with Gasteiger partial charge in [-0.1, -0.05) is 55.8 Å². The smallest absolute Gasteiger partial charge is 0.341 e. The summed E-state index contributed by atoms with van der Waals surface area (Å²) in [5.41, 5.74) is 2.55. The second kappa shape index (κ2) is 11.9. The van der Waals surface area contributed by atoms with Crippen LogP contribution in [0.5, 0.6) is 5.75 Å². The van der Waals surface area contributed by atoms with E-state index in [0.717, 1.165) is 44.6 Å². The van der Waals surface area contributed by atoms with Crippen LogP contribution in [0.15, 0.2) is 66.7 Å². The largest absolute Gasteiger partial charge is 0.482 e. The van der Waals surface area contributed by atoms with Crippen LogP contribution in [0.3, 0.4) is 0 Å². The molecule has 0 spiro atoms. The summed E-state index contributed by atoms with van der Waals surface area (Å²) in [6.45, 7) is 4.46. The van der Waals surface area contributed by atoms with Crippen LogP contribution in [0.2, 0.25) is 0 Å². The number of hydrogen-bond acceptors (Lipinski definition) is 4. The summed E-state index contributed by atoms with van der Waals surface area (Å²) in [7, 11) is 0. The van der Waals surface area contributed by atoms with Crippen molar-refractivity contribution in [3.8, 4) is 5.75 Å². The predicted molar refractivity (Wildman–Crippen MR) is 135 cm³/mol. The normalized spacial score (nSPS) is 16.8. The zero-order valence-electron chi connectivity index (χ0n) is 19.0. The summed E-state index contributed by atoms with van der Waals surface area (Å²) < 4.78 is 11.3. The number of halogens is 1. The van der Waals surface area contributed by atoms with E-state index in [9.17, 15) is 4.79 Å². The van der Waals surface area contributed by atoms with Crippen molar-refractivity contribution in [3.63, 3.8) is 0 Å². The topological polar surface area (TPSA) is 59.0 Å². The number of anilines is 1. The van der Waals surface area contributed by atoms with Gasteiger partial charge < -0.3 is 19.5 Å². The zero-order valence-corrected chi connectivity index (χ0v) is 19.8. The van der Waals surface area contributed by atoms with Gasteiger partial charge in [-0.3, -0.25) is 0 Å². The Balaban J connectivity index is 0.00000306. The van der Waals surface area contributed by atoms with E-state index in [2.05, 4.69) is 54.3 Å². The standard InChI is InChI=1S/C27H31NO4.ClH/c1-20(25-11-5-8-21-7-2-3-10-26(21)25)6-4-9-24-18-28(16-17-31-24)22-12-14-23(15-13-22)32-19-27(29)30;/h2-3,5,7-8,10-15,20,24H,4,6,9,16-19H2,1H3,(H,29,30);1H/t20-,24?;/m0./s1. The molecule has 0 bridgehead atoms. The molecule has 3 aromatic carbocycles. The summed E-state index contributed by atoms with van der Waals surface area (Å²) in [6, 6.07) is 22.9. The molecule has 1 fully saturated rings. The lowest BCUT2D eigenvalue weighted by Crippen LogP contribution is -2.42. The SMILES string of the molecule is C[C@@H](CCCC1CN(c2ccc(OCC(=O)O)cc2)CCO1)c1cccc2ccccc12.Cl. The van der Waals surface area contributed by atoms with Gasteiger partial charge in [0, 0.05) is 18.8 Å². The molecule has 4 rings (SSSR count). The molecule has 2 atom stereocenters. The number of carbonyl (C=O) groups is 1. The molecular weight excluding hydrogens is 438 g/mol. The first-order valence-electron chi connectivity index (χ1n) is 11.4. The molecule has 33 heavy (non-hydrogen) atoms. The van der Waals surface area contributed by atoms with E-state index in [0.29, 0.717) is 11.7 Å². The Hall–Kier alpha value is -2.76. The fourth-order valence-electron chi connectivity index (χ4n) is 4.51. The van der Waals surface area contributed by atoms with E-state index >= 15 is 0 Å². The molecule has 1 unspecified atom stereocenters. The number of fused-ring (bicyclic) bond motifs is 1. The Morgan fingerprint density at radius 3 is 2.67 bits per heavy atom. The van der Waals surface area contributed by atoms with Gasteiger partial charge in [-0.15, -0.1) is 12.4 Å². The fourth-order valence-corrected chi connectivity index (χ4v) is 4.51. The van der Waals surface area contributed by atoms with Gasteiger partial charge in [0.2, 0.25) is 0 Å². The molecule has 0 amide bonds. The lowest BCUT2D eigenvalue weighted by Gasteiger charge is -2.35. The van der Waals surface area contributed by atoms with Crippen molar-refractivity contribution in [2.24, 2.45) is 0 Å². The summed E-state index contributed by atoms with van der Waals surface area (Å²) in [6.07, 6.45) is 3.55. The first kappa shape index (κ1) is 24.9. The third-order valence-electron chi connectivity index (χ3n) is 6.22. The molecule has 1 aliphatic rings. The Bertz CT molecular complexity index is 1030. The van der Waals surface area contributed by atoms with Crippen molar-refractivity contribution in [2.45, 2.75) is 38.2 Å². The van der Waals surface area contributed by atoms with E-state index in [1.54, 1.807) is 0 Å². The van der Waals surface area contributed by atoms with Crippen molar-refractivity contribution in [2.75, 3.05) is 31.2 Å².